The Hall–Kier alpha value is -0.0400. The third-order valence-corrected chi connectivity index (χ3v) is 4.67. The Morgan fingerprint density at radius 3 is 2.38 bits per heavy atom. The Morgan fingerprint density at radius 1 is 1.00 bits per heavy atom. The highest BCUT2D eigenvalue weighted by molar-refractivity contribution is 4.99. The van der Waals surface area contributed by atoms with Crippen molar-refractivity contribution in [1.29, 1.82) is 0 Å². The van der Waals surface area contributed by atoms with Crippen molar-refractivity contribution < 1.29 is 0 Å². The molecule has 3 aliphatic rings. The summed E-state index contributed by atoms with van der Waals surface area (Å²) in [7, 11) is 0. The first kappa shape index (κ1) is 8.28. The van der Waals surface area contributed by atoms with E-state index in [0.29, 0.717) is 0 Å². The zero-order valence-corrected chi connectivity index (χ0v) is 8.52. The molecule has 3 fully saturated rings. The molecule has 1 unspecified atom stereocenters. The Bertz CT molecular complexity index is 191. The monoisotopic (exact) mass is 179 g/mol. The van der Waals surface area contributed by atoms with Gasteiger partial charge in [-0.25, -0.2) is 0 Å². The van der Waals surface area contributed by atoms with E-state index in [4.69, 9.17) is 0 Å². The lowest BCUT2D eigenvalue weighted by molar-refractivity contribution is 0.0776. The highest BCUT2D eigenvalue weighted by atomic mass is 15.0. The van der Waals surface area contributed by atoms with Gasteiger partial charge in [-0.2, -0.15) is 0 Å². The Kier molecular flexibility index (Phi) is 1.90. The van der Waals surface area contributed by atoms with Crippen LogP contribution < -0.4 is 5.32 Å². The Labute approximate surface area is 81.3 Å². The smallest absolute Gasteiger partial charge is 0.00683 e. The second-order valence-corrected chi connectivity index (χ2v) is 5.49. The summed E-state index contributed by atoms with van der Waals surface area (Å²) in [6.45, 7) is 1.34. The minimum absolute atomic E-state index is 0.835. The first-order valence-corrected chi connectivity index (χ1v) is 6.12. The van der Waals surface area contributed by atoms with Crippen LogP contribution in [0.4, 0.5) is 0 Å². The summed E-state index contributed by atoms with van der Waals surface area (Å²) in [5.74, 6) is 1.04. The topological polar surface area (TPSA) is 12.0 Å². The van der Waals surface area contributed by atoms with Crippen molar-refractivity contribution in [3.05, 3.63) is 0 Å². The van der Waals surface area contributed by atoms with Crippen LogP contribution in [0.1, 0.15) is 51.4 Å². The fourth-order valence-electron chi connectivity index (χ4n) is 3.41. The van der Waals surface area contributed by atoms with Crippen molar-refractivity contribution in [1.82, 2.24) is 5.32 Å². The number of hydrogen-bond acceptors (Lipinski definition) is 1. The molecule has 0 bridgehead atoms. The van der Waals surface area contributed by atoms with Gasteiger partial charge in [-0.1, -0.05) is 12.8 Å². The van der Waals surface area contributed by atoms with Crippen LogP contribution >= 0.6 is 0 Å². The molecule has 1 N–H and O–H groups in total. The molecule has 3 rings (SSSR count). The predicted molar refractivity (Wildman–Crippen MR) is 54.6 cm³/mol. The molecule has 3 saturated carbocycles. The predicted octanol–water partition coefficient (Wildman–Crippen LogP) is 2.71. The summed E-state index contributed by atoms with van der Waals surface area (Å²) in [5, 5.41) is 3.72. The summed E-state index contributed by atoms with van der Waals surface area (Å²) in [5.41, 5.74) is 0.835. The number of rotatable bonds is 3. The molecule has 0 aromatic carbocycles. The third kappa shape index (κ3) is 1.41. The van der Waals surface area contributed by atoms with Crippen molar-refractivity contribution in [2.24, 2.45) is 11.3 Å². The van der Waals surface area contributed by atoms with Crippen molar-refractivity contribution in [3.8, 4) is 0 Å². The molecule has 0 heterocycles. The number of nitrogens with one attached hydrogen (secondary N) is 1. The number of hydrogen-bond donors (Lipinski definition) is 1. The molecule has 0 aromatic heterocycles. The van der Waals surface area contributed by atoms with Crippen LogP contribution in [0.15, 0.2) is 0 Å². The molecule has 3 aliphatic carbocycles. The van der Waals surface area contributed by atoms with E-state index in [1.165, 1.54) is 38.6 Å². The van der Waals surface area contributed by atoms with Gasteiger partial charge in [0.2, 0.25) is 0 Å². The fraction of sp³-hybridized carbons (Fsp3) is 1.00. The molecule has 0 radical (unpaired) electrons. The lowest BCUT2D eigenvalue weighted by atomic mass is 9.62. The van der Waals surface area contributed by atoms with Gasteiger partial charge in [0.1, 0.15) is 0 Å². The second-order valence-electron chi connectivity index (χ2n) is 5.49. The molecular weight excluding hydrogens is 158 g/mol. The average molecular weight is 179 g/mol. The van der Waals surface area contributed by atoms with Crippen LogP contribution in [0, 0.1) is 11.3 Å². The van der Waals surface area contributed by atoms with E-state index in [9.17, 15) is 0 Å². The summed E-state index contributed by atoms with van der Waals surface area (Å²) in [6, 6.07) is 0.915. The molecule has 0 saturated heterocycles. The lowest BCUT2D eigenvalue weighted by Crippen LogP contribution is -2.39. The summed E-state index contributed by atoms with van der Waals surface area (Å²) in [4.78, 5) is 0. The van der Waals surface area contributed by atoms with E-state index in [2.05, 4.69) is 5.32 Å². The summed E-state index contributed by atoms with van der Waals surface area (Å²) >= 11 is 0. The van der Waals surface area contributed by atoms with Gasteiger partial charge >= 0.3 is 0 Å². The van der Waals surface area contributed by atoms with Gasteiger partial charge in [-0.05, 0) is 56.4 Å². The maximum Gasteiger partial charge on any atom is 0.00683 e. The van der Waals surface area contributed by atoms with Crippen LogP contribution in [0.5, 0.6) is 0 Å². The van der Waals surface area contributed by atoms with Crippen molar-refractivity contribution in [2.45, 2.75) is 57.4 Å². The second kappa shape index (κ2) is 2.98. The van der Waals surface area contributed by atoms with Crippen LogP contribution in [-0.4, -0.2) is 12.6 Å². The van der Waals surface area contributed by atoms with E-state index >= 15 is 0 Å². The van der Waals surface area contributed by atoms with E-state index in [0.717, 1.165) is 17.4 Å². The first-order chi connectivity index (χ1) is 6.39. The zero-order chi connectivity index (χ0) is 8.73. The minimum Gasteiger partial charge on any atom is -0.314 e. The Balaban J connectivity index is 1.55. The Morgan fingerprint density at radius 2 is 1.77 bits per heavy atom. The average Bonchev–Trinajstić information content (AvgIpc) is 2.78. The minimum atomic E-state index is 0.835. The normalized spacial score (nSPS) is 36.5. The largest absolute Gasteiger partial charge is 0.314 e. The van der Waals surface area contributed by atoms with Gasteiger partial charge in [0.25, 0.3) is 0 Å². The van der Waals surface area contributed by atoms with Gasteiger partial charge in [0.15, 0.2) is 0 Å². The standard InChI is InChI=1S/C12H21N/c1-3-10(9-13-11-4-5-11)12(6-1)7-2-8-12/h10-11,13H,1-9H2. The fourth-order valence-corrected chi connectivity index (χ4v) is 3.41. The van der Waals surface area contributed by atoms with E-state index < -0.39 is 0 Å². The molecule has 1 heteroatoms. The maximum atomic E-state index is 3.72. The van der Waals surface area contributed by atoms with Crippen LogP contribution in [-0.2, 0) is 0 Å². The van der Waals surface area contributed by atoms with Gasteiger partial charge in [0.05, 0.1) is 0 Å². The van der Waals surface area contributed by atoms with Gasteiger partial charge in [-0.3, -0.25) is 0 Å². The first-order valence-electron chi connectivity index (χ1n) is 6.12. The van der Waals surface area contributed by atoms with Crippen molar-refractivity contribution >= 4 is 0 Å². The molecule has 1 nitrogen and oxygen atoms in total. The summed E-state index contributed by atoms with van der Waals surface area (Å²) in [6.07, 6.45) is 12.1. The van der Waals surface area contributed by atoms with Crippen LogP contribution in [0.2, 0.25) is 0 Å². The third-order valence-electron chi connectivity index (χ3n) is 4.67. The quantitative estimate of drug-likeness (QED) is 0.702. The van der Waals surface area contributed by atoms with Crippen molar-refractivity contribution in [3.63, 3.8) is 0 Å². The SMILES string of the molecule is C1CC(CNC2CC2)C2(C1)CCC2. The van der Waals surface area contributed by atoms with Crippen molar-refractivity contribution in [2.75, 3.05) is 6.54 Å². The van der Waals surface area contributed by atoms with Gasteiger partial charge in [0, 0.05) is 6.04 Å². The molecule has 74 valence electrons. The molecule has 0 aliphatic heterocycles. The van der Waals surface area contributed by atoms with Gasteiger partial charge < -0.3 is 5.32 Å². The van der Waals surface area contributed by atoms with Crippen LogP contribution in [0.3, 0.4) is 0 Å². The molecule has 1 spiro atoms. The highest BCUT2D eigenvalue weighted by Crippen LogP contribution is 2.56. The maximum absolute atomic E-state index is 3.72. The van der Waals surface area contributed by atoms with E-state index in [-0.39, 0.29) is 0 Å². The molecule has 0 amide bonds. The molecule has 13 heavy (non-hydrogen) atoms. The van der Waals surface area contributed by atoms with Crippen LogP contribution in [0.25, 0.3) is 0 Å². The van der Waals surface area contributed by atoms with E-state index in [1.54, 1.807) is 19.3 Å². The molecular formula is C12H21N. The zero-order valence-electron chi connectivity index (χ0n) is 8.52. The van der Waals surface area contributed by atoms with E-state index in [1.807, 2.05) is 0 Å². The lowest BCUT2D eigenvalue weighted by Gasteiger charge is -2.44. The van der Waals surface area contributed by atoms with Gasteiger partial charge in [-0.15, -0.1) is 0 Å². The highest BCUT2D eigenvalue weighted by Gasteiger charge is 2.46. The molecule has 0 aromatic rings. The summed E-state index contributed by atoms with van der Waals surface area (Å²) < 4.78 is 0. The molecule has 1 atom stereocenters.